The van der Waals surface area contributed by atoms with Gasteiger partial charge in [0, 0.05) is 50.3 Å². The molecule has 3 N–H and O–H groups in total. The molecular weight excluding hydrogens is 373 g/mol. The van der Waals surface area contributed by atoms with E-state index in [2.05, 4.69) is 20.2 Å². The van der Waals surface area contributed by atoms with Gasteiger partial charge in [0.05, 0.1) is 5.02 Å². The lowest BCUT2D eigenvalue weighted by Gasteiger charge is -2.18. The molecule has 0 spiro atoms. The Balaban J connectivity index is 1.57. The van der Waals surface area contributed by atoms with Gasteiger partial charge in [0.2, 0.25) is 0 Å². The summed E-state index contributed by atoms with van der Waals surface area (Å²) in [5.74, 6) is -1.03. The third kappa shape index (κ3) is 5.22. The fourth-order valence-electron chi connectivity index (χ4n) is 2.92. The highest BCUT2D eigenvalue weighted by Crippen LogP contribution is 2.22. The van der Waals surface area contributed by atoms with Crippen LogP contribution in [0.2, 0.25) is 5.02 Å². The second kappa shape index (κ2) is 8.90. The van der Waals surface area contributed by atoms with Crippen LogP contribution in [-0.2, 0) is 11.3 Å². The largest absolute Gasteiger partial charge is 0.364 e. The predicted octanol–water partition coefficient (Wildman–Crippen LogP) is 2.47. The molecule has 2 aromatic rings. The molecule has 1 fully saturated rings. The van der Waals surface area contributed by atoms with Crippen LogP contribution in [0.5, 0.6) is 0 Å². The average Bonchev–Trinajstić information content (AvgIpc) is 3.10. The molecule has 27 heavy (non-hydrogen) atoms. The number of halogens is 2. The number of nitrogens with zero attached hydrogens (tertiary/aromatic N) is 3. The van der Waals surface area contributed by atoms with Crippen LogP contribution < -0.4 is 10.8 Å². The van der Waals surface area contributed by atoms with Crippen molar-refractivity contribution in [2.24, 2.45) is 0 Å². The maximum atomic E-state index is 14.3. The highest BCUT2D eigenvalue weighted by Gasteiger charge is 2.24. The van der Waals surface area contributed by atoms with Crippen LogP contribution in [0.15, 0.2) is 36.8 Å². The van der Waals surface area contributed by atoms with Crippen LogP contribution in [0.25, 0.3) is 6.08 Å². The second-order valence-corrected chi connectivity index (χ2v) is 6.65. The Kier molecular flexibility index (Phi) is 6.33. The maximum Gasteiger partial charge on any atom is 0.267 e. The molecule has 142 valence electrons. The molecule has 0 saturated carbocycles. The summed E-state index contributed by atoms with van der Waals surface area (Å²) >= 11 is 6.15. The number of carbonyl (C=O) groups excluding carboxylic acids is 1. The fraction of sp³-hybridized carbons (Fsp3) is 0.278. The van der Waals surface area contributed by atoms with E-state index in [4.69, 9.17) is 16.8 Å². The molecule has 0 bridgehead atoms. The van der Waals surface area contributed by atoms with Crippen LogP contribution in [0.3, 0.4) is 0 Å². The van der Waals surface area contributed by atoms with E-state index in [0.29, 0.717) is 17.1 Å². The van der Waals surface area contributed by atoms with Crippen molar-refractivity contribution < 1.29 is 14.4 Å². The molecule has 3 heterocycles. The van der Waals surface area contributed by atoms with Crippen molar-refractivity contribution in [1.29, 1.82) is 0 Å². The first kappa shape index (κ1) is 19.2. The fourth-order valence-corrected chi connectivity index (χ4v) is 3.10. The molecule has 2 aromatic heterocycles. The van der Waals surface area contributed by atoms with E-state index in [-0.39, 0.29) is 11.9 Å². The van der Waals surface area contributed by atoms with Gasteiger partial charge in [-0.15, -0.1) is 0 Å². The van der Waals surface area contributed by atoms with Gasteiger partial charge in [-0.05, 0) is 35.8 Å². The van der Waals surface area contributed by atoms with Gasteiger partial charge in [0.15, 0.2) is 11.6 Å². The lowest BCUT2D eigenvalue weighted by Crippen LogP contribution is -2.26. The zero-order chi connectivity index (χ0) is 19.2. The molecule has 0 aliphatic carbocycles. The second-order valence-electron chi connectivity index (χ2n) is 6.24. The molecule has 1 saturated heterocycles. The van der Waals surface area contributed by atoms with E-state index < -0.39 is 11.7 Å². The van der Waals surface area contributed by atoms with E-state index in [1.807, 2.05) is 6.07 Å². The molecule has 0 unspecified atom stereocenters. The van der Waals surface area contributed by atoms with Gasteiger partial charge < -0.3 is 5.32 Å². The number of carbonyl (C=O) groups is 1. The van der Waals surface area contributed by atoms with Crippen molar-refractivity contribution in [2.75, 3.05) is 18.4 Å². The maximum absolute atomic E-state index is 14.3. The van der Waals surface area contributed by atoms with Crippen LogP contribution in [0, 0.1) is 5.82 Å². The Bertz CT molecular complexity index is 848. The summed E-state index contributed by atoms with van der Waals surface area (Å²) in [5, 5.41) is 12.2. The first-order chi connectivity index (χ1) is 13.0. The summed E-state index contributed by atoms with van der Waals surface area (Å²) in [5.41, 5.74) is 2.90. The SMILES string of the molecule is O=C(/C=C/c1cnc(N[C@@H]2CCN(Cc3ccncc3Cl)C2)c(F)c1)NO. The summed E-state index contributed by atoms with van der Waals surface area (Å²) in [6.07, 6.45) is 8.11. The zero-order valence-corrected chi connectivity index (χ0v) is 15.2. The topological polar surface area (TPSA) is 90.4 Å². The van der Waals surface area contributed by atoms with Crippen LogP contribution >= 0.6 is 11.6 Å². The molecule has 1 atom stereocenters. The van der Waals surface area contributed by atoms with Crippen molar-refractivity contribution in [3.8, 4) is 0 Å². The molecule has 7 nitrogen and oxygen atoms in total. The summed E-state index contributed by atoms with van der Waals surface area (Å²) < 4.78 is 14.3. The number of hydrogen-bond acceptors (Lipinski definition) is 6. The molecule has 9 heteroatoms. The third-order valence-corrected chi connectivity index (χ3v) is 4.60. The first-order valence-electron chi connectivity index (χ1n) is 8.40. The van der Waals surface area contributed by atoms with Gasteiger partial charge >= 0.3 is 0 Å². The lowest BCUT2D eigenvalue weighted by molar-refractivity contribution is -0.124. The van der Waals surface area contributed by atoms with E-state index in [1.54, 1.807) is 12.4 Å². The Hall–Kier alpha value is -2.55. The van der Waals surface area contributed by atoms with Crippen LogP contribution in [-0.4, -0.2) is 45.1 Å². The van der Waals surface area contributed by atoms with Crippen molar-refractivity contribution in [3.63, 3.8) is 0 Å². The molecule has 1 aliphatic rings. The summed E-state index contributed by atoms with van der Waals surface area (Å²) in [7, 11) is 0. The number of likely N-dealkylation sites (tertiary alicyclic amines) is 1. The normalized spacial score (nSPS) is 17.4. The number of pyridine rings is 2. The number of hydroxylamine groups is 1. The smallest absolute Gasteiger partial charge is 0.267 e. The Morgan fingerprint density at radius 1 is 1.48 bits per heavy atom. The third-order valence-electron chi connectivity index (χ3n) is 4.26. The van der Waals surface area contributed by atoms with Crippen LogP contribution in [0.1, 0.15) is 17.5 Å². The van der Waals surface area contributed by atoms with Crippen molar-refractivity contribution in [3.05, 3.63) is 58.8 Å². The number of aromatic nitrogens is 2. The zero-order valence-electron chi connectivity index (χ0n) is 14.4. The summed E-state index contributed by atoms with van der Waals surface area (Å²) in [6, 6.07) is 3.25. The minimum Gasteiger partial charge on any atom is -0.364 e. The monoisotopic (exact) mass is 391 g/mol. The number of anilines is 1. The Morgan fingerprint density at radius 3 is 3.07 bits per heavy atom. The lowest BCUT2D eigenvalue weighted by atomic mass is 10.2. The van der Waals surface area contributed by atoms with Crippen LogP contribution in [0.4, 0.5) is 10.2 Å². The van der Waals surface area contributed by atoms with Gasteiger partial charge in [-0.3, -0.25) is 19.9 Å². The van der Waals surface area contributed by atoms with E-state index in [9.17, 15) is 9.18 Å². The first-order valence-corrected chi connectivity index (χ1v) is 8.78. The number of amides is 1. The van der Waals surface area contributed by atoms with Gasteiger partial charge in [-0.1, -0.05) is 11.6 Å². The van der Waals surface area contributed by atoms with Gasteiger partial charge in [0.25, 0.3) is 5.91 Å². The highest BCUT2D eigenvalue weighted by atomic mass is 35.5. The van der Waals surface area contributed by atoms with Gasteiger partial charge in [-0.25, -0.2) is 14.9 Å². The minimum absolute atomic E-state index is 0.0779. The molecule has 0 radical (unpaired) electrons. The van der Waals surface area contributed by atoms with Crippen molar-refractivity contribution in [1.82, 2.24) is 20.3 Å². The molecular formula is C18H19ClFN5O2. The predicted molar refractivity (Wildman–Crippen MR) is 99.7 cm³/mol. The molecule has 1 amide bonds. The molecule has 0 aromatic carbocycles. The summed E-state index contributed by atoms with van der Waals surface area (Å²) in [6.45, 7) is 2.33. The highest BCUT2D eigenvalue weighted by molar-refractivity contribution is 6.31. The number of rotatable bonds is 6. The standard InChI is InChI=1S/C18H19ClFN5O2/c19-15-9-21-5-3-13(15)10-25-6-4-14(11-25)23-18-16(20)7-12(8-22-18)1-2-17(26)24-27/h1-3,5,7-9,14,27H,4,6,10-11H2,(H,22,23)(H,24,26)/b2-1+/t14-/m1/s1. The van der Waals surface area contributed by atoms with Gasteiger partial charge in [0.1, 0.15) is 0 Å². The molecule has 3 rings (SSSR count). The molecule has 1 aliphatic heterocycles. The van der Waals surface area contributed by atoms with Crippen molar-refractivity contribution in [2.45, 2.75) is 19.0 Å². The van der Waals surface area contributed by atoms with Gasteiger partial charge in [-0.2, -0.15) is 0 Å². The minimum atomic E-state index is -0.696. The number of hydrogen-bond donors (Lipinski definition) is 3. The van der Waals surface area contributed by atoms with E-state index in [0.717, 1.165) is 31.1 Å². The van der Waals surface area contributed by atoms with E-state index >= 15 is 0 Å². The quantitative estimate of drug-likeness (QED) is 0.398. The Labute approximate surface area is 160 Å². The average molecular weight is 392 g/mol. The Morgan fingerprint density at radius 2 is 2.33 bits per heavy atom. The van der Waals surface area contributed by atoms with E-state index in [1.165, 1.54) is 23.8 Å². The number of nitrogens with one attached hydrogen (secondary N) is 2. The summed E-state index contributed by atoms with van der Waals surface area (Å²) in [4.78, 5) is 21.3. The van der Waals surface area contributed by atoms with Crippen molar-refractivity contribution >= 4 is 29.4 Å².